The fraction of sp³-hybridized carbons (Fsp3) is 0.235. The second kappa shape index (κ2) is 5.58. The topological polar surface area (TPSA) is 63.1 Å². The first kappa shape index (κ1) is 15.9. The Morgan fingerprint density at radius 1 is 1.30 bits per heavy atom. The number of pyridine rings is 1. The Morgan fingerprint density at radius 2 is 2.04 bits per heavy atom. The first-order valence-electron chi connectivity index (χ1n) is 7.15. The summed E-state index contributed by atoms with van der Waals surface area (Å²) in [6.45, 7) is 4.04. The minimum atomic E-state index is -0.785. The van der Waals surface area contributed by atoms with E-state index in [2.05, 4.69) is 11.3 Å². The molecule has 1 aliphatic rings. The largest absolute Gasteiger partial charge is 0.481 e. The van der Waals surface area contributed by atoms with Crippen molar-refractivity contribution in [2.75, 3.05) is 0 Å². The van der Waals surface area contributed by atoms with Gasteiger partial charge in [-0.25, -0.2) is 4.98 Å². The predicted octanol–water partition coefficient (Wildman–Crippen LogP) is 4.32. The Morgan fingerprint density at radius 3 is 2.78 bits per heavy atom. The van der Waals surface area contributed by atoms with Crippen LogP contribution in [0.15, 0.2) is 24.3 Å². The van der Waals surface area contributed by atoms with E-state index in [1.165, 1.54) is 11.5 Å². The van der Waals surface area contributed by atoms with Gasteiger partial charge in [-0.1, -0.05) is 24.3 Å². The fourth-order valence-corrected chi connectivity index (χ4v) is 4.37. The van der Waals surface area contributed by atoms with Crippen LogP contribution in [-0.2, 0) is 4.79 Å². The van der Waals surface area contributed by atoms with Crippen molar-refractivity contribution in [3.63, 3.8) is 0 Å². The zero-order chi connectivity index (χ0) is 15.4. The van der Waals surface area contributed by atoms with Crippen LogP contribution >= 0.6 is 23.9 Å². The van der Waals surface area contributed by atoms with Crippen molar-refractivity contribution in [1.82, 2.24) is 9.36 Å². The predicted molar refractivity (Wildman–Crippen MR) is 93.7 cm³/mol. The highest BCUT2D eigenvalue weighted by atomic mass is 35.5. The van der Waals surface area contributed by atoms with Crippen molar-refractivity contribution >= 4 is 40.1 Å². The number of fused-ring (bicyclic) bond motifs is 4. The highest BCUT2D eigenvalue weighted by Crippen LogP contribution is 2.48. The summed E-state index contributed by atoms with van der Waals surface area (Å²) in [7, 11) is 0. The maximum Gasteiger partial charge on any atom is 0.304 e. The standard InChI is InChI=1S/C17H14N2O2S.ClH/c1-8-14-9(2)19-22-17(14)18-16-11-6-4-3-5-10(11)12(15(8)16)7-13(20)21;/h3-6,12H,7H2,1-2H3,(H,20,21);1H. The average molecular weight is 347 g/mol. The Balaban J connectivity index is 0.00000156. The monoisotopic (exact) mass is 346 g/mol. The molecule has 6 heteroatoms. The van der Waals surface area contributed by atoms with Gasteiger partial charge in [-0.05, 0) is 42.1 Å². The molecule has 118 valence electrons. The second-order valence-corrected chi connectivity index (χ2v) is 6.44. The van der Waals surface area contributed by atoms with Crippen LogP contribution < -0.4 is 0 Å². The number of hydrogen-bond donors (Lipinski definition) is 1. The summed E-state index contributed by atoms with van der Waals surface area (Å²) in [4.78, 5) is 17.1. The van der Waals surface area contributed by atoms with Crippen LogP contribution in [0.25, 0.3) is 21.5 Å². The highest BCUT2D eigenvalue weighted by Gasteiger charge is 2.34. The van der Waals surface area contributed by atoms with E-state index >= 15 is 0 Å². The molecule has 0 saturated heterocycles. The van der Waals surface area contributed by atoms with Crippen molar-refractivity contribution in [2.45, 2.75) is 26.2 Å². The number of carbonyl (C=O) groups is 1. The molecule has 2 aromatic heterocycles. The van der Waals surface area contributed by atoms with Crippen LogP contribution in [0.1, 0.15) is 34.7 Å². The maximum absolute atomic E-state index is 11.3. The van der Waals surface area contributed by atoms with E-state index in [1.807, 2.05) is 31.2 Å². The van der Waals surface area contributed by atoms with Crippen LogP contribution in [0.3, 0.4) is 0 Å². The van der Waals surface area contributed by atoms with Gasteiger partial charge in [0.25, 0.3) is 0 Å². The quantitative estimate of drug-likeness (QED) is 0.750. The van der Waals surface area contributed by atoms with E-state index < -0.39 is 5.97 Å². The van der Waals surface area contributed by atoms with E-state index in [-0.39, 0.29) is 24.7 Å². The van der Waals surface area contributed by atoms with Gasteiger partial charge < -0.3 is 5.11 Å². The van der Waals surface area contributed by atoms with Gasteiger partial charge in [0.1, 0.15) is 4.83 Å². The van der Waals surface area contributed by atoms with Gasteiger partial charge in [0.2, 0.25) is 0 Å². The molecule has 0 radical (unpaired) electrons. The molecule has 2 heterocycles. The summed E-state index contributed by atoms with van der Waals surface area (Å²) in [6, 6.07) is 7.99. The zero-order valence-electron chi connectivity index (χ0n) is 12.7. The summed E-state index contributed by atoms with van der Waals surface area (Å²) in [5.41, 5.74) is 6.19. The highest BCUT2D eigenvalue weighted by molar-refractivity contribution is 7.13. The Labute approximate surface area is 143 Å². The molecule has 1 unspecified atom stereocenters. The first-order chi connectivity index (χ1) is 10.6. The van der Waals surface area contributed by atoms with Gasteiger partial charge in [-0.2, -0.15) is 4.37 Å². The van der Waals surface area contributed by atoms with E-state index in [9.17, 15) is 9.90 Å². The van der Waals surface area contributed by atoms with Crippen LogP contribution in [0.5, 0.6) is 0 Å². The van der Waals surface area contributed by atoms with E-state index in [0.717, 1.165) is 43.9 Å². The summed E-state index contributed by atoms with van der Waals surface area (Å²) >= 11 is 1.41. The third-order valence-electron chi connectivity index (χ3n) is 4.41. The number of carboxylic acid groups (broad SMARTS) is 1. The van der Waals surface area contributed by atoms with Gasteiger partial charge in [-0.3, -0.25) is 4.79 Å². The molecule has 1 atom stereocenters. The van der Waals surface area contributed by atoms with Crippen molar-refractivity contribution < 1.29 is 9.90 Å². The lowest BCUT2D eigenvalue weighted by atomic mass is 9.90. The summed E-state index contributed by atoms with van der Waals surface area (Å²) < 4.78 is 4.40. The van der Waals surface area contributed by atoms with Crippen molar-refractivity contribution in [1.29, 1.82) is 0 Å². The van der Waals surface area contributed by atoms with E-state index in [4.69, 9.17) is 4.98 Å². The summed E-state index contributed by atoms with van der Waals surface area (Å²) in [6.07, 6.45) is 0.0919. The van der Waals surface area contributed by atoms with Crippen molar-refractivity contribution in [3.05, 3.63) is 46.6 Å². The molecule has 0 fully saturated rings. The molecule has 3 aromatic rings. The van der Waals surface area contributed by atoms with Crippen molar-refractivity contribution in [3.8, 4) is 11.3 Å². The smallest absolute Gasteiger partial charge is 0.304 e. The number of aromatic nitrogens is 2. The number of nitrogens with zero attached hydrogens (tertiary/aromatic N) is 2. The number of benzene rings is 1. The molecule has 1 N–H and O–H groups in total. The van der Waals surface area contributed by atoms with Gasteiger partial charge in [0, 0.05) is 16.9 Å². The Bertz CT molecular complexity index is 936. The molecule has 0 bridgehead atoms. The molecular weight excluding hydrogens is 332 g/mol. The molecule has 4 nitrogen and oxygen atoms in total. The minimum absolute atomic E-state index is 0. The van der Waals surface area contributed by atoms with Crippen LogP contribution in [0.2, 0.25) is 0 Å². The number of aryl methyl sites for hydroxylation is 2. The molecule has 1 aromatic carbocycles. The van der Waals surface area contributed by atoms with E-state index in [1.54, 1.807) is 0 Å². The number of halogens is 1. The Hall–Kier alpha value is -1.98. The van der Waals surface area contributed by atoms with Gasteiger partial charge in [0.15, 0.2) is 0 Å². The molecule has 1 aliphatic carbocycles. The fourth-order valence-electron chi connectivity index (χ4n) is 3.53. The third-order valence-corrected chi connectivity index (χ3v) is 5.24. The maximum atomic E-state index is 11.3. The zero-order valence-corrected chi connectivity index (χ0v) is 14.3. The van der Waals surface area contributed by atoms with Crippen LogP contribution in [-0.4, -0.2) is 20.4 Å². The number of hydrogen-bond acceptors (Lipinski definition) is 4. The molecule has 0 saturated carbocycles. The lowest BCUT2D eigenvalue weighted by Crippen LogP contribution is -2.06. The van der Waals surface area contributed by atoms with Gasteiger partial charge >= 0.3 is 5.97 Å². The molecular formula is C17H15ClN2O2S. The lowest BCUT2D eigenvalue weighted by Gasteiger charge is -2.13. The molecule has 0 amide bonds. The van der Waals surface area contributed by atoms with Crippen molar-refractivity contribution in [2.24, 2.45) is 0 Å². The summed E-state index contributed by atoms with van der Waals surface area (Å²) in [5, 5.41) is 10.4. The van der Waals surface area contributed by atoms with E-state index in [0.29, 0.717) is 0 Å². The normalized spacial score (nSPS) is 15.1. The second-order valence-electron chi connectivity index (χ2n) is 5.68. The first-order valence-corrected chi connectivity index (χ1v) is 7.93. The lowest BCUT2D eigenvalue weighted by molar-refractivity contribution is -0.137. The number of aliphatic carboxylic acids is 1. The molecule has 0 spiro atoms. The minimum Gasteiger partial charge on any atom is -0.481 e. The SMILES string of the molecule is Cc1nsc2nc3c(c(C)c12)C(CC(=O)O)c1ccccc1-3.Cl. The van der Waals surface area contributed by atoms with Gasteiger partial charge in [-0.15, -0.1) is 12.4 Å². The van der Waals surface area contributed by atoms with Crippen LogP contribution in [0.4, 0.5) is 0 Å². The number of rotatable bonds is 2. The Kier molecular flexibility index (Phi) is 3.86. The third kappa shape index (κ3) is 2.23. The molecule has 23 heavy (non-hydrogen) atoms. The molecule has 4 rings (SSSR count). The van der Waals surface area contributed by atoms with Crippen LogP contribution in [0, 0.1) is 13.8 Å². The molecule has 0 aliphatic heterocycles. The van der Waals surface area contributed by atoms with Gasteiger partial charge in [0.05, 0.1) is 17.8 Å². The average Bonchev–Trinajstić information content (AvgIpc) is 3.00. The number of carboxylic acids is 1. The summed E-state index contributed by atoms with van der Waals surface area (Å²) in [5.74, 6) is -0.910.